The molecular weight excluding hydrogens is 328 g/mol. The van der Waals surface area contributed by atoms with Gasteiger partial charge in [0, 0.05) is 31.3 Å². The minimum atomic E-state index is -3.92. The van der Waals surface area contributed by atoms with Crippen molar-refractivity contribution in [3.8, 4) is 0 Å². The van der Waals surface area contributed by atoms with Gasteiger partial charge in [0.15, 0.2) is 18.4 Å². The van der Waals surface area contributed by atoms with Crippen LogP contribution < -0.4 is 10.3 Å². The molecule has 9 nitrogen and oxygen atoms in total. The summed E-state index contributed by atoms with van der Waals surface area (Å²) in [6.07, 6.45) is 2.38. The normalized spacial score (nSPS) is 27.2. The molecule has 0 bridgehead atoms. The summed E-state index contributed by atoms with van der Waals surface area (Å²) in [6, 6.07) is 2.88. The Hall–Kier alpha value is -1.59. The third-order valence-electron chi connectivity index (χ3n) is 3.50. The first-order valence-corrected chi connectivity index (χ1v) is 8.54. The fraction of sp³-hybridized carbons (Fsp3) is 0.538. The number of aliphatic hydroxyl groups excluding tert-OH is 3. The third-order valence-corrected chi connectivity index (χ3v) is 3.50. The second-order valence-corrected chi connectivity index (χ2v) is 6.74. The Balaban J connectivity index is 0.000000463. The first-order valence-electron chi connectivity index (χ1n) is 6.73. The van der Waals surface area contributed by atoms with E-state index in [1.807, 2.05) is 0 Å². The maximum atomic E-state index is 11.1. The van der Waals surface area contributed by atoms with Gasteiger partial charge in [-0.2, -0.15) is 4.57 Å². The van der Waals surface area contributed by atoms with E-state index >= 15 is 0 Å². The van der Waals surface area contributed by atoms with Crippen molar-refractivity contribution in [3.05, 3.63) is 30.1 Å². The molecule has 1 saturated carbocycles. The number of carbonyl (C=O) groups excluding carboxylic acids is 1. The monoisotopic (exact) mass is 348 g/mol. The van der Waals surface area contributed by atoms with Gasteiger partial charge in [-0.25, -0.2) is 8.42 Å². The van der Waals surface area contributed by atoms with Crippen molar-refractivity contribution in [2.24, 2.45) is 11.7 Å². The zero-order valence-electron chi connectivity index (χ0n) is 12.4. The molecule has 1 fully saturated rings. The van der Waals surface area contributed by atoms with E-state index in [-0.39, 0.29) is 18.6 Å². The molecular formula is C13H20N2O7S. The summed E-state index contributed by atoms with van der Waals surface area (Å²) >= 11 is 0. The zero-order chi connectivity index (χ0) is 17.8. The van der Waals surface area contributed by atoms with Crippen molar-refractivity contribution in [1.82, 2.24) is 0 Å². The maximum Gasteiger partial charge on any atom is 0.254 e. The molecule has 10 heteroatoms. The van der Waals surface area contributed by atoms with E-state index in [1.54, 1.807) is 29.1 Å². The van der Waals surface area contributed by atoms with Gasteiger partial charge in [-0.05, 0) is 6.07 Å². The van der Waals surface area contributed by atoms with Crippen LogP contribution in [0.5, 0.6) is 0 Å². The molecule has 0 spiro atoms. The summed E-state index contributed by atoms with van der Waals surface area (Å²) in [4.78, 5) is 11.1. The fourth-order valence-electron chi connectivity index (χ4n) is 2.42. The van der Waals surface area contributed by atoms with Gasteiger partial charge in [-0.3, -0.25) is 4.79 Å². The number of amides is 1. The van der Waals surface area contributed by atoms with Crippen LogP contribution in [0.2, 0.25) is 0 Å². The van der Waals surface area contributed by atoms with Gasteiger partial charge in [0.1, 0.15) is 11.7 Å². The smallest absolute Gasteiger partial charge is 0.254 e. The lowest BCUT2D eigenvalue weighted by Gasteiger charge is -2.13. The van der Waals surface area contributed by atoms with Crippen molar-refractivity contribution >= 4 is 16.0 Å². The van der Waals surface area contributed by atoms with Crippen LogP contribution in [0.25, 0.3) is 0 Å². The Morgan fingerprint density at radius 2 is 2.00 bits per heavy atom. The SMILES string of the molecule is CS(=O)(=O)[O-].NC(=O)c1ccc[n+](C2CC(CO)C(O)C2O)c1. The van der Waals surface area contributed by atoms with Crippen LogP contribution >= 0.6 is 0 Å². The van der Waals surface area contributed by atoms with Gasteiger partial charge >= 0.3 is 0 Å². The molecule has 1 heterocycles. The highest BCUT2D eigenvalue weighted by molar-refractivity contribution is 7.84. The van der Waals surface area contributed by atoms with E-state index < -0.39 is 28.2 Å². The van der Waals surface area contributed by atoms with Crippen molar-refractivity contribution in [3.63, 3.8) is 0 Å². The summed E-state index contributed by atoms with van der Waals surface area (Å²) in [5.41, 5.74) is 5.53. The van der Waals surface area contributed by atoms with Crippen LogP contribution in [0, 0.1) is 5.92 Å². The molecule has 5 N–H and O–H groups in total. The predicted octanol–water partition coefficient (Wildman–Crippen LogP) is -2.49. The fourth-order valence-corrected chi connectivity index (χ4v) is 2.42. The number of rotatable bonds is 3. The first-order chi connectivity index (χ1) is 10.5. The molecule has 0 saturated heterocycles. The van der Waals surface area contributed by atoms with Crippen molar-refractivity contribution in [1.29, 1.82) is 0 Å². The largest absolute Gasteiger partial charge is 0.748 e. The van der Waals surface area contributed by atoms with E-state index in [9.17, 15) is 15.0 Å². The maximum absolute atomic E-state index is 11.1. The zero-order valence-corrected chi connectivity index (χ0v) is 13.3. The first kappa shape index (κ1) is 19.5. The van der Waals surface area contributed by atoms with Crippen LogP contribution in [-0.2, 0) is 10.1 Å². The van der Waals surface area contributed by atoms with Gasteiger partial charge in [-0.15, -0.1) is 0 Å². The van der Waals surface area contributed by atoms with Gasteiger partial charge in [0.25, 0.3) is 5.91 Å². The van der Waals surface area contributed by atoms with Gasteiger partial charge in [0.2, 0.25) is 0 Å². The number of nitrogens with two attached hydrogens (primary N) is 1. The van der Waals surface area contributed by atoms with E-state index in [0.717, 1.165) is 0 Å². The molecule has 1 aliphatic rings. The number of aliphatic hydroxyl groups is 3. The standard InChI is InChI=1S/C12H16N2O4.CH4O3S/c13-12(18)7-2-1-3-14(5-7)9-4-8(6-15)10(16)11(9)17;1-5(2,3)4/h1-3,5,8-11,15-17H,4,6H2,(H-,13,18);1H3,(H,2,3,4). The third kappa shape index (κ3) is 5.84. The van der Waals surface area contributed by atoms with Crippen LogP contribution in [0.3, 0.4) is 0 Å². The highest BCUT2D eigenvalue weighted by atomic mass is 32.2. The second kappa shape index (κ2) is 7.79. The number of carbonyl (C=O) groups is 1. The highest BCUT2D eigenvalue weighted by Gasteiger charge is 2.46. The van der Waals surface area contributed by atoms with Crippen molar-refractivity contribution in [2.75, 3.05) is 12.9 Å². The molecule has 4 atom stereocenters. The summed E-state index contributed by atoms with van der Waals surface area (Å²) < 4.78 is 28.9. The number of nitrogens with zero attached hydrogens (tertiary/aromatic N) is 1. The summed E-state index contributed by atoms with van der Waals surface area (Å²) in [5, 5.41) is 28.8. The van der Waals surface area contributed by atoms with Crippen LogP contribution in [0.1, 0.15) is 22.8 Å². The van der Waals surface area contributed by atoms with E-state index in [1.165, 1.54) is 0 Å². The molecule has 23 heavy (non-hydrogen) atoms. The summed E-state index contributed by atoms with van der Waals surface area (Å²) in [7, 11) is -3.92. The molecule has 1 aromatic heterocycles. The Morgan fingerprint density at radius 1 is 1.43 bits per heavy atom. The van der Waals surface area contributed by atoms with E-state index in [2.05, 4.69) is 0 Å². The van der Waals surface area contributed by atoms with Crippen LogP contribution in [0.15, 0.2) is 24.5 Å². The van der Waals surface area contributed by atoms with E-state index in [0.29, 0.717) is 18.2 Å². The number of aromatic nitrogens is 1. The summed E-state index contributed by atoms with van der Waals surface area (Å²) in [5.74, 6) is -0.897. The molecule has 1 aliphatic carbocycles. The average molecular weight is 348 g/mol. The molecule has 130 valence electrons. The topological polar surface area (TPSA) is 165 Å². The Morgan fingerprint density at radius 3 is 2.43 bits per heavy atom. The number of hydrogen-bond donors (Lipinski definition) is 4. The van der Waals surface area contributed by atoms with Crippen LogP contribution in [0.4, 0.5) is 0 Å². The quantitative estimate of drug-likeness (QED) is 0.346. The van der Waals surface area contributed by atoms with E-state index in [4.69, 9.17) is 23.8 Å². The van der Waals surface area contributed by atoms with Crippen molar-refractivity contribution < 1.29 is 37.7 Å². The Kier molecular flexibility index (Phi) is 6.59. The second-order valence-electron chi connectivity index (χ2n) is 5.34. The molecule has 1 aromatic rings. The van der Waals surface area contributed by atoms with Gasteiger partial charge in [-0.1, -0.05) is 0 Å². The molecule has 0 radical (unpaired) electrons. The molecule has 1 amide bonds. The highest BCUT2D eigenvalue weighted by Crippen LogP contribution is 2.31. The number of hydrogen-bond acceptors (Lipinski definition) is 7. The number of pyridine rings is 1. The minimum absolute atomic E-state index is 0.176. The summed E-state index contributed by atoms with van der Waals surface area (Å²) in [6.45, 7) is -0.176. The Labute approximate surface area is 133 Å². The lowest BCUT2D eigenvalue weighted by Crippen LogP contribution is -2.45. The molecule has 4 unspecified atom stereocenters. The number of primary amides is 1. The van der Waals surface area contributed by atoms with Crippen molar-refractivity contribution in [2.45, 2.75) is 24.7 Å². The lowest BCUT2D eigenvalue weighted by atomic mass is 10.1. The molecule has 2 rings (SSSR count). The van der Waals surface area contributed by atoms with Gasteiger partial charge in [0.05, 0.1) is 16.2 Å². The molecule has 0 aliphatic heterocycles. The predicted molar refractivity (Wildman–Crippen MR) is 77.0 cm³/mol. The average Bonchev–Trinajstić information content (AvgIpc) is 2.73. The molecule has 0 aromatic carbocycles. The minimum Gasteiger partial charge on any atom is -0.748 e. The lowest BCUT2D eigenvalue weighted by molar-refractivity contribution is -0.728. The Bertz CT molecular complexity index is 641. The van der Waals surface area contributed by atoms with Crippen LogP contribution in [-0.4, -0.2) is 59.3 Å². The van der Waals surface area contributed by atoms with Gasteiger partial charge < -0.3 is 25.6 Å².